The molecule has 104 valence electrons. The Morgan fingerprint density at radius 1 is 1.32 bits per heavy atom. The van der Waals surface area contributed by atoms with Gasteiger partial charge in [-0.15, -0.1) is 0 Å². The quantitative estimate of drug-likeness (QED) is 0.850. The molecule has 0 bridgehead atoms. The van der Waals surface area contributed by atoms with Crippen molar-refractivity contribution >= 4 is 5.91 Å². The van der Waals surface area contributed by atoms with Gasteiger partial charge in [-0.25, -0.2) is 0 Å². The summed E-state index contributed by atoms with van der Waals surface area (Å²) in [5.74, 6) is 0.771. The number of hydrogen-bond donors (Lipinski definition) is 1. The van der Waals surface area contributed by atoms with Crippen molar-refractivity contribution in [3.63, 3.8) is 0 Å². The van der Waals surface area contributed by atoms with Crippen LogP contribution in [0.2, 0.25) is 0 Å². The molecule has 0 aliphatic carbocycles. The maximum atomic E-state index is 12.0. The Morgan fingerprint density at radius 2 is 1.95 bits per heavy atom. The zero-order chi connectivity index (χ0) is 13.7. The molecule has 1 aromatic rings. The zero-order valence-electron chi connectivity index (χ0n) is 11.9. The molecule has 0 saturated carbocycles. The molecule has 0 radical (unpaired) electrons. The van der Waals surface area contributed by atoms with Crippen LogP contribution in [-0.4, -0.2) is 42.0 Å². The first-order valence-corrected chi connectivity index (χ1v) is 7.15. The van der Waals surface area contributed by atoms with Crippen LogP contribution < -0.4 is 4.90 Å². The molecule has 1 saturated heterocycles. The van der Waals surface area contributed by atoms with E-state index >= 15 is 0 Å². The van der Waals surface area contributed by atoms with Crippen molar-refractivity contribution in [1.29, 1.82) is 0 Å². The number of carbonyl (C=O) groups excluding carboxylic acids is 1. The molecular weight excluding hydrogens is 238 g/mol. The van der Waals surface area contributed by atoms with Crippen LogP contribution in [-0.2, 0) is 11.3 Å². The molecule has 19 heavy (non-hydrogen) atoms. The zero-order valence-corrected chi connectivity index (χ0v) is 11.9. The van der Waals surface area contributed by atoms with E-state index in [-0.39, 0.29) is 0 Å². The molecule has 1 N–H and O–H groups in total. The Kier molecular flexibility index (Phi) is 4.91. The van der Waals surface area contributed by atoms with Gasteiger partial charge in [0.1, 0.15) is 6.54 Å². The Morgan fingerprint density at radius 3 is 2.53 bits per heavy atom. The standard InChI is InChI=1S/C15H23N3O/c1-13(2)11-15(19)18-9-7-17(8-10-18)12-14-3-5-16-6-4-14/h3-6,13H,7-12H2,1-2H3/p+1. The van der Waals surface area contributed by atoms with Crippen molar-refractivity contribution in [3.8, 4) is 0 Å². The molecule has 0 aromatic carbocycles. The smallest absolute Gasteiger partial charge is 0.223 e. The van der Waals surface area contributed by atoms with Crippen molar-refractivity contribution in [2.24, 2.45) is 5.92 Å². The second-order valence-corrected chi connectivity index (χ2v) is 5.76. The third-order valence-corrected chi connectivity index (χ3v) is 3.61. The number of pyridine rings is 1. The molecule has 0 spiro atoms. The topological polar surface area (TPSA) is 37.6 Å². The highest BCUT2D eigenvalue weighted by molar-refractivity contribution is 5.76. The van der Waals surface area contributed by atoms with Crippen LogP contribution >= 0.6 is 0 Å². The van der Waals surface area contributed by atoms with Gasteiger partial charge in [0.05, 0.1) is 26.2 Å². The van der Waals surface area contributed by atoms with Crippen LogP contribution in [0.1, 0.15) is 25.8 Å². The van der Waals surface area contributed by atoms with Gasteiger partial charge in [-0.3, -0.25) is 9.78 Å². The highest BCUT2D eigenvalue weighted by Crippen LogP contribution is 2.04. The van der Waals surface area contributed by atoms with E-state index in [0.717, 1.165) is 32.7 Å². The lowest BCUT2D eigenvalue weighted by atomic mass is 10.1. The van der Waals surface area contributed by atoms with Gasteiger partial charge >= 0.3 is 0 Å². The second-order valence-electron chi connectivity index (χ2n) is 5.76. The largest absolute Gasteiger partial charge is 0.331 e. The molecular formula is C15H24N3O+. The molecule has 1 amide bonds. The summed E-state index contributed by atoms with van der Waals surface area (Å²) in [6.45, 7) is 9.12. The molecule has 4 heteroatoms. The summed E-state index contributed by atoms with van der Waals surface area (Å²) in [5.41, 5.74) is 1.33. The molecule has 0 atom stereocenters. The Bertz CT molecular complexity index is 397. The predicted molar refractivity (Wildman–Crippen MR) is 74.7 cm³/mol. The number of nitrogens with zero attached hydrogens (tertiary/aromatic N) is 2. The van der Waals surface area contributed by atoms with Crippen LogP contribution in [0, 0.1) is 5.92 Å². The van der Waals surface area contributed by atoms with E-state index in [1.54, 1.807) is 4.90 Å². The maximum absolute atomic E-state index is 12.0. The lowest BCUT2D eigenvalue weighted by Crippen LogP contribution is -3.13. The van der Waals surface area contributed by atoms with Crippen molar-refractivity contribution in [2.75, 3.05) is 26.2 Å². The average molecular weight is 262 g/mol. The molecule has 2 heterocycles. The molecule has 1 fully saturated rings. The van der Waals surface area contributed by atoms with Crippen molar-refractivity contribution in [3.05, 3.63) is 30.1 Å². The van der Waals surface area contributed by atoms with E-state index in [2.05, 4.69) is 31.0 Å². The van der Waals surface area contributed by atoms with Gasteiger partial charge in [-0.05, 0) is 18.1 Å². The highest BCUT2D eigenvalue weighted by Gasteiger charge is 2.23. The lowest BCUT2D eigenvalue weighted by Gasteiger charge is -2.32. The number of quaternary nitrogens is 1. The summed E-state index contributed by atoms with van der Waals surface area (Å²) in [6, 6.07) is 4.15. The van der Waals surface area contributed by atoms with Gasteiger partial charge in [0, 0.05) is 24.4 Å². The number of aromatic nitrogens is 1. The molecule has 1 aromatic heterocycles. The van der Waals surface area contributed by atoms with Gasteiger partial charge in [0.2, 0.25) is 5.91 Å². The molecule has 2 rings (SSSR count). The van der Waals surface area contributed by atoms with E-state index in [9.17, 15) is 4.79 Å². The normalized spacial score (nSPS) is 16.9. The number of rotatable bonds is 4. The minimum atomic E-state index is 0.318. The summed E-state index contributed by atoms with van der Waals surface area (Å²) in [6.07, 6.45) is 4.37. The van der Waals surface area contributed by atoms with E-state index in [4.69, 9.17) is 0 Å². The fraction of sp³-hybridized carbons (Fsp3) is 0.600. The lowest BCUT2D eigenvalue weighted by molar-refractivity contribution is -0.917. The summed E-state index contributed by atoms with van der Waals surface area (Å²) in [5, 5.41) is 0. The van der Waals surface area contributed by atoms with E-state index < -0.39 is 0 Å². The Balaban J connectivity index is 1.78. The summed E-state index contributed by atoms with van der Waals surface area (Å²) < 4.78 is 0. The van der Waals surface area contributed by atoms with Crippen LogP contribution in [0.3, 0.4) is 0 Å². The summed E-state index contributed by atoms with van der Waals surface area (Å²) >= 11 is 0. The number of hydrogen-bond acceptors (Lipinski definition) is 2. The molecule has 1 aliphatic heterocycles. The molecule has 0 unspecified atom stereocenters. The molecule has 1 aliphatic rings. The monoisotopic (exact) mass is 262 g/mol. The van der Waals surface area contributed by atoms with Gasteiger partial charge < -0.3 is 9.80 Å². The van der Waals surface area contributed by atoms with E-state index in [0.29, 0.717) is 18.2 Å². The van der Waals surface area contributed by atoms with Crippen LogP contribution in [0.15, 0.2) is 24.5 Å². The first-order chi connectivity index (χ1) is 9.15. The molecule has 4 nitrogen and oxygen atoms in total. The van der Waals surface area contributed by atoms with Crippen LogP contribution in [0.5, 0.6) is 0 Å². The third kappa shape index (κ3) is 4.31. The van der Waals surface area contributed by atoms with Gasteiger partial charge in [0.25, 0.3) is 0 Å². The van der Waals surface area contributed by atoms with Crippen LogP contribution in [0.25, 0.3) is 0 Å². The van der Waals surface area contributed by atoms with Gasteiger partial charge in [-0.2, -0.15) is 0 Å². The number of amides is 1. The fourth-order valence-corrected chi connectivity index (χ4v) is 2.52. The van der Waals surface area contributed by atoms with E-state index in [1.807, 2.05) is 17.3 Å². The summed E-state index contributed by atoms with van der Waals surface area (Å²) in [4.78, 5) is 19.6. The van der Waals surface area contributed by atoms with Crippen molar-refractivity contribution < 1.29 is 9.69 Å². The predicted octanol–water partition coefficient (Wildman–Crippen LogP) is 0.355. The number of nitrogens with one attached hydrogen (secondary N) is 1. The van der Waals surface area contributed by atoms with Crippen molar-refractivity contribution in [1.82, 2.24) is 9.88 Å². The highest BCUT2D eigenvalue weighted by atomic mass is 16.2. The number of piperazine rings is 1. The minimum absolute atomic E-state index is 0.318. The van der Waals surface area contributed by atoms with Crippen LogP contribution in [0.4, 0.5) is 0 Å². The first kappa shape index (κ1) is 14.0. The van der Waals surface area contributed by atoms with E-state index in [1.165, 1.54) is 5.56 Å². The third-order valence-electron chi connectivity index (χ3n) is 3.61. The fourth-order valence-electron chi connectivity index (χ4n) is 2.52. The first-order valence-electron chi connectivity index (χ1n) is 7.15. The second kappa shape index (κ2) is 6.66. The van der Waals surface area contributed by atoms with Gasteiger partial charge in [0.15, 0.2) is 0 Å². The number of carbonyl (C=O) groups is 1. The Hall–Kier alpha value is -1.42. The van der Waals surface area contributed by atoms with Crippen molar-refractivity contribution in [2.45, 2.75) is 26.8 Å². The SMILES string of the molecule is CC(C)CC(=O)N1CC[NH+](Cc2ccncc2)CC1. The Labute approximate surface area is 115 Å². The minimum Gasteiger partial charge on any atom is -0.331 e. The summed E-state index contributed by atoms with van der Waals surface area (Å²) in [7, 11) is 0. The maximum Gasteiger partial charge on any atom is 0.223 e. The van der Waals surface area contributed by atoms with Gasteiger partial charge in [-0.1, -0.05) is 13.8 Å². The average Bonchev–Trinajstić information content (AvgIpc) is 2.40.